The van der Waals surface area contributed by atoms with E-state index in [4.69, 9.17) is 10.5 Å². The molecule has 1 aromatic heterocycles. The third-order valence-electron chi connectivity index (χ3n) is 4.59. The largest absolute Gasteiger partial charge is 0.381 e. The molecule has 2 aliphatic rings. The molecule has 2 fully saturated rings. The van der Waals surface area contributed by atoms with Gasteiger partial charge in [-0.2, -0.15) is 5.10 Å². The van der Waals surface area contributed by atoms with Crippen molar-refractivity contribution in [1.82, 2.24) is 14.7 Å². The first kappa shape index (κ1) is 18.7. The van der Waals surface area contributed by atoms with Crippen molar-refractivity contribution in [2.45, 2.75) is 18.9 Å². The quantitative estimate of drug-likeness (QED) is 0.806. The maximum Gasteiger partial charge on any atom is 0.246 e. The summed E-state index contributed by atoms with van der Waals surface area (Å²) in [5.41, 5.74) is 6.89. The number of nitrogens with two attached hydrogens (primary N) is 1. The summed E-state index contributed by atoms with van der Waals surface area (Å²) in [6, 6.07) is -0.545. The molecule has 8 nitrogen and oxygen atoms in total. The molecule has 2 saturated heterocycles. The maximum atomic E-state index is 12.6. The number of nitrogens with zero attached hydrogens (tertiary/aromatic N) is 4. The van der Waals surface area contributed by atoms with Crippen LogP contribution in [0.4, 0.5) is 5.69 Å². The number of halogens is 1. The molecule has 1 aromatic rings. The predicted octanol–water partition coefficient (Wildman–Crippen LogP) is -0.229. The van der Waals surface area contributed by atoms with Crippen LogP contribution < -0.4 is 10.6 Å². The van der Waals surface area contributed by atoms with Gasteiger partial charge in [0.25, 0.3) is 0 Å². The van der Waals surface area contributed by atoms with Crippen molar-refractivity contribution in [3.05, 3.63) is 12.4 Å². The van der Waals surface area contributed by atoms with Gasteiger partial charge in [-0.25, -0.2) is 0 Å². The number of hydrogen-bond acceptors (Lipinski definition) is 5. The molecule has 24 heavy (non-hydrogen) atoms. The fourth-order valence-corrected chi connectivity index (χ4v) is 3.17. The van der Waals surface area contributed by atoms with E-state index in [1.54, 1.807) is 33.9 Å². The molecule has 0 saturated carbocycles. The van der Waals surface area contributed by atoms with Crippen LogP contribution in [-0.2, 0) is 21.4 Å². The van der Waals surface area contributed by atoms with Crippen LogP contribution in [0.3, 0.4) is 0 Å². The molecule has 2 N–H and O–H groups in total. The topological polar surface area (TPSA) is 93.7 Å². The van der Waals surface area contributed by atoms with Crippen LogP contribution in [0.25, 0.3) is 0 Å². The highest BCUT2D eigenvalue weighted by molar-refractivity contribution is 5.98. The summed E-state index contributed by atoms with van der Waals surface area (Å²) >= 11 is 0. The van der Waals surface area contributed by atoms with E-state index >= 15 is 0 Å². The second-order valence-electron chi connectivity index (χ2n) is 6.15. The second-order valence-corrected chi connectivity index (χ2v) is 6.15. The average Bonchev–Trinajstić information content (AvgIpc) is 3.00. The molecule has 0 radical (unpaired) electrons. The molecular weight excluding hydrogens is 334 g/mol. The molecule has 1 unspecified atom stereocenters. The van der Waals surface area contributed by atoms with E-state index in [1.807, 2.05) is 0 Å². The Morgan fingerprint density at radius 3 is 2.67 bits per heavy atom. The van der Waals surface area contributed by atoms with Crippen LogP contribution in [0.1, 0.15) is 12.8 Å². The molecule has 1 atom stereocenters. The normalized spacial score (nSPS) is 20.7. The summed E-state index contributed by atoms with van der Waals surface area (Å²) in [7, 11) is 1.81. The van der Waals surface area contributed by atoms with Gasteiger partial charge in [0, 0.05) is 39.5 Å². The highest BCUT2D eigenvalue weighted by atomic mass is 35.5. The highest BCUT2D eigenvalue weighted by Crippen LogP contribution is 2.21. The number of piperazine rings is 1. The molecule has 0 aliphatic carbocycles. The molecule has 0 bridgehead atoms. The first-order valence-corrected chi connectivity index (χ1v) is 7.97. The van der Waals surface area contributed by atoms with Gasteiger partial charge in [0.05, 0.1) is 17.9 Å². The Labute approximate surface area is 147 Å². The third-order valence-corrected chi connectivity index (χ3v) is 4.59. The highest BCUT2D eigenvalue weighted by Gasteiger charge is 2.34. The molecule has 0 aromatic carbocycles. The summed E-state index contributed by atoms with van der Waals surface area (Å²) in [4.78, 5) is 28.2. The van der Waals surface area contributed by atoms with Crippen LogP contribution in [0.15, 0.2) is 12.4 Å². The summed E-state index contributed by atoms with van der Waals surface area (Å²) in [6.45, 7) is 2.34. The molecule has 3 rings (SSSR count). The van der Waals surface area contributed by atoms with Crippen LogP contribution in [-0.4, -0.2) is 65.4 Å². The number of aromatic nitrogens is 2. The lowest BCUT2D eigenvalue weighted by atomic mass is 9.91. The fraction of sp³-hybridized carbons (Fsp3) is 0.667. The van der Waals surface area contributed by atoms with E-state index < -0.39 is 6.04 Å². The van der Waals surface area contributed by atoms with Gasteiger partial charge >= 0.3 is 0 Å². The number of ether oxygens (including phenoxy) is 1. The number of amides is 2. The first-order chi connectivity index (χ1) is 11.1. The van der Waals surface area contributed by atoms with E-state index in [0.29, 0.717) is 26.3 Å². The fourth-order valence-electron chi connectivity index (χ4n) is 3.17. The monoisotopic (exact) mass is 357 g/mol. The lowest BCUT2D eigenvalue weighted by molar-refractivity contribution is -0.139. The summed E-state index contributed by atoms with van der Waals surface area (Å²) in [5.74, 6) is -0.0874. The predicted molar refractivity (Wildman–Crippen MR) is 90.9 cm³/mol. The number of hydrogen-bond donors (Lipinski definition) is 1. The average molecular weight is 358 g/mol. The minimum atomic E-state index is -0.545. The molecule has 2 amide bonds. The summed E-state index contributed by atoms with van der Waals surface area (Å²) in [6.07, 6.45) is 5.05. The second kappa shape index (κ2) is 7.96. The van der Waals surface area contributed by atoms with Gasteiger partial charge in [0.15, 0.2) is 0 Å². The van der Waals surface area contributed by atoms with Gasteiger partial charge in [-0.05, 0) is 18.8 Å². The van der Waals surface area contributed by atoms with Crippen molar-refractivity contribution in [1.29, 1.82) is 0 Å². The smallest absolute Gasteiger partial charge is 0.246 e. The van der Waals surface area contributed by atoms with Crippen molar-refractivity contribution in [2.24, 2.45) is 18.7 Å². The number of rotatable bonds is 3. The minimum Gasteiger partial charge on any atom is -0.381 e. The van der Waals surface area contributed by atoms with Gasteiger partial charge < -0.3 is 20.3 Å². The lowest BCUT2D eigenvalue weighted by Gasteiger charge is -2.36. The van der Waals surface area contributed by atoms with Gasteiger partial charge in [-0.3, -0.25) is 14.3 Å². The zero-order valence-corrected chi connectivity index (χ0v) is 14.6. The van der Waals surface area contributed by atoms with E-state index in [2.05, 4.69) is 5.10 Å². The van der Waals surface area contributed by atoms with Gasteiger partial charge in [0.1, 0.15) is 6.54 Å². The summed E-state index contributed by atoms with van der Waals surface area (Å²) < 4.78 is 6.96. The lowest BCUT2D eigenvalue weighted by Crippen LogP contribution is -2.57. The van der Waals surface area contributed by atoms with Crippen LogP contribution in [0.5, 0.6) is 0 Å². The zero-order chi connectivity index (χ0) is 16.4. The van der Waals surface area contributed by atoms with E-state index in [1.165, 1.54) is 0 Å². The van der Waals surface area contributed by atoms with Gasteiger partial charge in [-0.15, -0.1) is 12.4 Å². The standard InChI is InChI=1S/C15H23N5O3.ClH/c1-18-9-12(8-17-18)20-5-4-19(10-13(20)21)15(22)14(16)11-2-6-23-7-3-11;/h8-9,11,14H,2-7,10,16H2,1H3;1H. The van der Waals surface area contributed by atoms with Crippen molar-refractivity contribution in [3.63, 3.8) is 0 Å². The van der Waals surface area contributed by atoms with Crippen LogP contribution in [0.2, 0.25) is 0 Å². The van der Waals surface area contributed by atoms with Gasteiger partial charge in [-0.1, -0.05) is 0 Å². The minimum absolute atomic E-state index is 0. The van der Waals surface area contributed by atoms with E-state index in [0.717, 1.165) is 18.5 Å². The van der Waals surface area contributed by atoms with Crippen molar-refractivity contribution >= 4 is 29.9 Å². The van der Waals surface area contributed by atoms with Crippen LogP contribution in [0, 0.1) is 5.92 Å². The summed E-state index contributed by atoms with van der Waals surface area (Å²) in [5, 5.41) is 4.08. The van der Waals surface area contributed by atoms with Crippen molar-refractivity contribution < 1.29 is 14.3 Å². The SMILES string of the molecule is Cl.Cn1cc(N2CCN(C(=O)C(N)C3CCOCC3)CC2=O)cn1. The number of aryl methyl sites for hydroxylation is 1. The molecule has 9 heteroatoms. The maximum absolute atomic E-state index is 12.6. The Morgan fingerprint density at radius 2 is 2.08 bits per heavy atom. The Kier molecular flexibility index (Phi) is 6.20. The Morgan fingerprint density at radius 1 is 1.38 bits per heavy atom. The van der Waals surface area contributed by atoms with Crippen molar-refractivity contribution in [2.75, 3.05) is 37.7 Å². The Bertz CT molecular complexity index is 587. The third kappa shape index (κ3) is 3.88. The van der Waals surface area contributed by atoms with Crippen molar-refractivity contribution in [3.8, 4) is 0 Å². The Balaban J connectivity index is 0.00000208. The molecular formula is C15H24ClN5O3. The van der Waals surface area contributed by atoms with Crippen LogP contribution >= 0.6 is 12.4 Å². The van der Waals surface area contributed by atoms with E-state index in [-0.39, 0.29) is 36.7 Å². The number of carbonyl (C=O) groups excluding carboxylic acids is 2. The molecule has 2 aliphatic heterocycles. The van der Waals surface area contributed by atoms with Gasteiger partial charge in [0.2, 0.25) is 11.8 Å². The number of carbonyl (C=O) groups is 2. The first-order valence-electron chi connectivity index (χ1n) is 7.97. The Hall–Kier alpha value is -1.64. The molecule has 3 heterocycles. The molecule has 0 spiro atoms. The number of anilines is 1. The molecule has 134 valence electrons. The van der Waals surface area contributed by atoms with E-state index in [9.17, 15) is 9.59 Å². The zero-order valence-electron chi connectivity index (χ0n) is 13.8.